The average Bonchev–Trinajstić information content (AvgIpc) is 2.29. The van der Waals surface area contributed by atoms with Gasteiger partial charge >= 0.3 is 0 Å². The Labute approximate surface area is 114 Å². The van der Waals surface area contributed by atoms with Crippen molar-refractivity contribution in [1.82, 2.24) is 0 Å². The lowest BCUT2D eigenvalue weighted by Gasteiger charge is -2.21. The van der Waals surface area contributed by atoms with Gasteiger partial charge in [-0.1, -0.05) is 37.9 Å². The van der Waals surface area contributed by atoms with Gasteiger partial charge in [-0.2, -0.15) is 0 Å². The molecule has 0 aliphatic heterocycles. The predicted molar refractivity (Wildman–Crippen MR) is 78.9 cm³/mol. The van der Waals surface area contributed by atoms with Gasteiger partial charge in [0.1, 0.15) is 0 Å². The fourth-order valence-electron chi connectivity index (χ4n) is 1.55. The summed E-state index contributed by atoms with van der Waals surface area (Å²) in [5, 5.41) is 0.819. The molecule has 0 atom stereocenters. The maximum absolute atomic E-state index is 5.94. The van der Waals surface area contributed by atoms with Crippen molar-refractivity contribution < 1.29 is 0 Å². The predicted octanol–water partition coefficient (Wildman–Crippen LogP) is 4.59. The van der Waals surface area contributed by atoms with Crippen LogP contribution in [0.4, 0.5) is 0 Å². The maximum Gasteiger partial charge on any atom is 0.0417 e. The van der Waals surface area contributed by atoms with E-state index >= 15 is 0 Å². The van der Waals surface area contributed by atoms with Crippen molar-refractivity contribution in [2.75, 3.05) is 12.3 Å². The highest BCUT2D eigenvalue weighted by atomic mass is 35.5. The molecule has 17 heavy (non-hydrogen) atoms. The maximum atomic E-state index is 5.94. The normalized spacial score (nSPS) is 11.8. The smallest absolute Gasteiger partial charge is 0.0417 e. The van der Waals surface area contributed by atoms with Crippen LogP contribution in [0.3, 0.4) is 0 Å². The Morgan fingerprint density at radius 2 is 2.06 bits per heavy atom. The van der Waals surface area contributed by atoms with Crippen molar-refractivity contribution in [1.29, 1.82) is 0 Å². The molecule has 96 valence electrons. The van der Waals surface area contributed by atoms with Crippen molar-refractivity contribution in [3.63, 3.8) is 0 Å². The molecule has 2 N–H and O–H groups in total. The summed E-state index contributed by atoms with van der Waals surface area (Å²) in [7, 11) is 0. The first kappa shape index (κ1) is 14.9. The minimum Gasteiger partial charge on any atom is -0.330 e. The highest BCUT2D eigenvalue weighted by molar-refractivity contribution is 7.99. The molecule has 3 heteroatoms. The van der Waals surface area contributed by atoms with E-state index < -0.39 is 0 Å². The molecule has 0 aromatic heterocycles. The fraction of sp³-hybridized carbons (Fsp3) is 0.571. The van der Waals surface area contributed by atoms with E-state index in [0.29, 0.717) is 5.41 Å². The van der Waals surface area contributed by atoms with E-state index in [0.717, 1.165) is 17.3 Å². The van der Waals surface area contributed by atoms with E-state index in [1.807, 2.05) is 30.0 Å². The van der Waals surface area contributed by atoms with E-state index in [2.05, 4.69) is 19.9 Å². The third kappa shape index (κ3) is 6.35. The van der Waals surface area contributed by atoms with Crippen LogP contribution in [0.25, 0.3) is 0 Å². The number of hydrogen-bond acceptors (Lipinski definition) is 2. The Morgan fingerprint density at radius 1 is 1.29 bits per heavy atom. The summed E-state index contributed by atoms with van der Waals surface area (Å²) in [6, 6.07) is 8.05. The molecular weight excluding hydrogens is 250 g/mol. The molecule has 0 unspecified atom stereocenters. The monoisotopic (exact) mass is 271 g/mol. The molecule has 0 fully saturated rings. The van der Waals surface area contributed by atoms with Crippen LogP contribution >= 0.6 is 23.4 Å². The molecule has 0 spiro atoms. The molecule has 1 aromatic carbocycles. The minimum atomic E-state index is 0.292. The van der Waals surface area contributed by atoms with Crippen LogP contribution < -0.4 is 5.73 Å². The average molecular weight is 272 g/mol. The molecule has 0 aliphatic rings. The number of thioether (sulfide) groups is 1. The number of nitrogens with two attached hydrogens (primary N) is 1. The summed E-state index contributed by atoms with van der Waals surface area (Å²) < 4.78 is 0. The van der Waals surface area contributed by atoms with Crippen LogP contribution in [0.2, 0.25) is 5.02 Å². The second-order valence-corrected chi connectivity index (χ2v) is 6.74. The van der Waals surface area contributed by atoms with Gasteiger partial charge < -0.3 is 5.73 Å². The summed E-state index contributed by atoms with van der Waals surface area (Å²) in [4.78, 5) is 1.26. The third-order valence-corrected chi connectivity index (χ3v) is 4.18. The van der Waals surface area contributed by atoms with Crippen molar-refractivity contribution in [2.24, 2.45) is 11.1 Å². The lowest BCUT2D eigenvalue weighted by atomic mass is 9.88. The topological polar surface area (TPSA) is 26.0 Å². The molecule has 0 radical (unpaired) electrons. The SMILES string of the molecule is CC(C)(CN)CCCCSc1cccc(Cl)c1. The van der Waals surface area contributed by atoms with Crippen molar-refractivity contribution in [3.8, 4) is 0 Å². The van der Waals surface area contributed by atoms with Crippen molar-refractivity contribution in [3.05, 3.63) is 29.3 Å². The van der Waals surface area contributed by atoms with Gasteiger partial charge in [0.05, 0.1) is 0 Å². The van der Waals surface area contributed by atoms with Crippen LogP contribution in [0.15, 0.2) is 29.2 Å². The van der Waals surface area contributed by atoms with E-state index in [1.165, 1.54) is 24.2 Å². The van der Waals surface area contributed by atoms with Gasteiger partial charge in [0.2, 0.25) is 0 Å². The van der Waals surface area contributed by atoms with E-state index in [1.54, 1.807) is 0 Å². The molecule has 1 rings (SSSR count). The van der Waals surface area contributed by atoms with Crippen LogP contribution in [0.5, 0.6) is 0 Å². The summed E-state index contributed by atoms with van der Waals surface area (Å²) in [6.45, 7) is 5.24. The van der Waals surface area contributed by atoms with Gasteiger partial charge in [0, 0.05) is 9.92 Å². The first-order valence-corrected chi connectivity index (χ1v) is 7.48. The Morgan fingerprint density at radius 3 is 2.71 bits per heavy atom. The fourth-order valence-corrected chi connectivity index (χ4v) is 2.78. The molecule has 0 saturated heterocycles. The first-order valence-electron chi connectivity index (χ1n) is 6.12. The Bertz CT molecular complexity index is 339. The Hall–Kier alpha value is -0.180. The van der Waals surface area contributed by atoms with Gasteiger partial charge in [-0.3, -0.25) is 0 Å². The van der Waals surface area contributed by atoms with Gasteiger partial charge in [-0.25, -0.2) is 0 Å². The van der Waals surface area contributed by atoms with E-state index in [9.17, 15) is 0 Å². The molecular formula is C14H22ClNS. The number of hydrogen-bond donors (Lipinski definition) is 1. The zero-order valence-electron chi connectivity index (χ0n) is 10.7. The summed E-state index contributed by atoms with van der Waals surface area (Å²) in [5.74, 6) is 1.15. The van der Waals surface area contributed by atoms with Gasteiger partial charge in [0.25, 0.3) is 0 Å². The van der Waals surface area contributed by atoms with Crippen molar-refractivity contribution >= 4 is 23.4 Å². The summed E-state index contributed by atoms with van der Waals surface area (Å²) in [5.41, 5.74) is 6.00. The van der Waals surface area contributed by atoms with Crippen LogP contribution in [0, 0.1) is 5.41 Å². The Kier molecular flexibility index (Phi) is 6.39. The molecule has 0 saturated carbocycles. The van der Waals surface area contributed by atoms with Gasteiger partial charge in [-0.15, -0.1) is 11.8 Å². The second kappa shape index (κ2) is 7.30. The van der Waals surface area contributed by atoms with Crippen LogP contribution in [0.1, 0.15) is 33.1 Å². The molecule has 1 aromatic rings. The zero-order chi connectivity index (χ0) is 12.7. The first-order chi connectivity index (χ1) is 8.03. The molecule has 1 nitrogen and oxygen atoms in total. The number of halogens is 1. The summed E-state index contributed by atoms with van der Waals surface area (Å²) >= 11 is 7.81. The largest absolute Gasteiger partial charge is 0.330 e. The molecule has 0 aliphatic carbocycles. The Balaban J connectivity index is 2.17. The van der Waals surface area contributed by atoms with Crippen LogP contribution in [-0.4, -0.2) is 12.3 Å². The van der Waals surface area contributed by atoms with Crippen LogP contribution in [-0.2, 0) is 0 Å². The van der Waals surface area contributed by atoms with Gasteiger partial charge in [0.15, 0.2) is 0 Å². The second-order valence-electron chi connectivity index (χ2n) is 5.13. The number of benzene rings is 1. The molecule has 0 amide bonds. The minimum absolute atomic E-state index is 0.292. The third-order valence-electron chi connectivity index (χ3n) is 2.87. The summed E-state index contributed by atoms with van der Waals surface area (Å²) in [6.07, 6.45) is 3.69. The lowest BCUT2D eigenvalue weighted by Crippen LogP contribution is -2.23. The molecule has 0 bridgehead atoms. The zero-order valence-corrected chi connectivity index (χ0v) is 12.3. The van der Waals surface area contributed by atoms with E-state index in [-0.39, 0.29) is 0 Å². The number of unbranched alkanes of at least 4 members (excludes halogenated alkanes) is 1. The van der Waals surface area contributed by atoms with E-state index in [4.69, 9.17) is 17.3 Å². The lowest BCUT2D eigenvalue weighted by molar-refractivity contribution is 0.336. The van der Waals surface area contributed by atoms with Gasteiger partial charge in [-0.05, 0) is 48.8 Å². The molecule has 0 heterocycles. The standard InChI is InChI=1S/C14H22ClNS/c1-14(2,11-16)8-3-4-9-17-13-7-5-6-12(15)10-13/h5-7,10H,3-4,8-9,11,16H2,1-2H3. The van der Waals surface area contributed by atoms with Crippen molar-refractivity contribution in [2.45, 2.75) is 38.0 Å². The number of rotatable bonds is 7. The quantitative estimate of drug-likeness (QED) is 0.580. The highest BCUT2D eigenvalue weighted by Crippen LogP contribution is 2.25. The highest BCUT2D eigenvalue weighted by Gasteiger charge is 2.14.